The first-order chi connectivity index (χ1) is 8.35. The van der Waals surface area contributed by atoms with E-state index < -0.39 is 0 Å². The first kappa shape index (κ1) is 12.7. The van der Waals surface area contributed by atoms with Crippen LogP contribution in [0.1, 0.15) is 44.1 Å². The molecule has 17 heavy (non-hydrogen) atoms. The maximum absolute atomic E-state index is 5.05. The Hall–Kier alpha value is -0.800. The second-order valence-corrected chi connectivity index (χ2v) is 5.15. The standard InChI is InChI=1S/C14H24N2O/c1-15-14(6-3-2-4-7-14)8-9-16-11-13-5-10-17-12-13/h5,10,12,15-16H,2-4,6-9,11H2,1H3. The smallest absolute Gasteiger partial charge is 0.0947 e. The van der Waals surface area contributed by atoms with Gasteiger partial charge in [0.25, 0.3) is 0 Å². The van der Waals surface area contributed by atoms with Crippen molar-refractivity contribution < 1.29 is 4.42 Å². The van der Waals surface area contributed by atoms with Crippen molar-refractivity contribution in [3.05, 3.63) is 24.2 Å². The molecule has 1 saturated carbocycles. The average Bonchev–Trinajstić information content (AvgIpc) is 2.89. The van der Waals surface area contributed by atoms with Crippen LogP contribution >= 0.6 is 0 Å². The zero-order valence-electron chi connectivity index (χ0n) is 10.8. The second kappa shape index (κ2) is 6.22. The second-order valence-electron chi connectivity index (χ2n) is 5.15. The normalized spacial score (nSPS) is 19.4. The molecule has 0 unspecified atom stereocenters. The molecule has 1 fully saturated rings. The molecule has 3 heteroatoms. The van der Waals surface area contributed by atoms with Crippen LogP contribution in [0.4, 0.5) is 0 Å². The van der Waals surface area contributed by atoms with Crippen LogP contribution in [-0.4, -0.2) is 19.1 Å². The van der Waals surface area contributed by atoms with E-state index in [9.17, 15) is 0 Å². The molecule has 0 atom stereocenters. The number of nitrogens with one attached hydrogen (secondary N) is 2. The molecule has 3 nitrogen and oxygen atoms in total. The van der Waals surface area contributed by atoms with Gasteiger partial charge in [-0.2, -0.15) is 0 Å². The van der Waals surface area contributed by atoms with Crippen molar-refractivity contribution in [3.8, 4) is 0 Å². The molecule has 0 amide bonds. The molecular formula is C14H24N2O. The Kier molecular flexibility index (Phi) is 4.63. The number of furan rings is 1. The lowest BCUT2D eigenvalue weighted by Crippen LogP contribution is -2.46. The van der Waals surface area contributed by atoms with Crippen LogP contribution in [0.3, 0.4) is 0 Å². The highest BCUT2D eigenvalue weighted by Gasteiger charge is 2.29. The Balaban J connectivity index is 1.69. The summed E-state index contributed by atoms with van der Waals surface area (Å²) >= 11 is 0. The molecule has 0 aromatic carbocycles. The summed E-state index contributed by atoms with van der Waals surface area (Å²) in [6.45, 7) is 1.99. The third-order valence-corrected chi connectivity index (χ3v) is 4.03. The molecule has 96 valence electrons. The van der Waals surface area contributed by atoms with E-state index in [4.69, 9.17) is 4.42 Å². The van der Waals surface area contributed by atoms with Crippen molar-refractivity contribution in [2.45, 2.75) is 50.6 Å². The van der Waals surface area contributed by atoms with Gasteiger partial charge in [-0.25, -0.2) is 0 Å². The first-order valence-electron chi connectivity index (χ1n) is 6.75. The van der Waals surface area contributed by atoms with Gasteiger partial charge in [0, 0.05) is 17.6 Å². The van der Waals surface area contributed by atoms with Gasteiger partial charge in [0.05, 0.1) is 12.5 Å². The topological polar surface area (TPSA) is 37.2 Å². The monoisotopic (exact) mass is 236 g/mol. The van der Waals surface area contributed by atoms with Gasteiger partial charge in [0.1, 0.15) is 0 Å². The molecule has 1 aromatic heterocycles. The summed E-state index contributed by atoms with van der Waals surface area (Å²) < 4.78 is 5.05. The Morgan fingerprint density at radius 2 is 2.12 bits per heavy atom. The quantitative estimate of drug-likeness (QED) is 0.746. The Labute approximate surface area is 104 Å². The van der Waals surface area contributed by atoms with E-state index >= 15 is 0 Å². The molecule has 2 N–H and O–H groups in total. The maximum atomic E-state index is 5.05. The van der Waals surface area contributed by atoms with Crippen molar-refractivity contribution in [1.29, 1.82) is 0 Å². The number of rotatable bonds is 6. The largest absolute Gasteiger partial charge is 0.472 e. The van der Waals surface area contributed by atoms with Gasteiger partial charge in [0.15, 0.2) is 0 Å². The zero-order chi connectivity index (χ0) is 12.0. The molecule has 0 aliphatic heterocycles. The molecule has 0 saturated heterocycles. The summed E-state index contributed by atoms with van der Waals surface area (Å²) in [6, 6.07) is 2.02. The lowest BCUT2D eigenvalue weighted by atomic mass is 9.79. The zero-order valence-corrected chi connectivity index (χ0v) is 10.8. The molecular weight excluding hydrogens is 212 g/mol. The summed E-state index contributed by atoms with van der Waals surface area (Å²) in [5.41, 5.74) is 1.62. The molecule has 0 spiro atoms. The van der Waals surface area contributed by atoms with E-state index in [0.29, 0.717) is 5.54 Å². The molecule has 1 aliphatic carbocycles. The minimum absolute atomic E-state index is 0.391. The van der Waals surface area contributed by atoms with Gasteiger partial charge in [-0.1, -0.05) is 19.3 Å². The van der Waals surface area contributed by atoms with Crippen LogP contribution in [0.2, 0.25) is 0 Å². The SMILES string of the molecule is CNC1(CCNCc2ccoc2)CCCCC1. The molecule has 0 bridgehead atoms. The Bertz CT molecular complexity index is 302. The third-order valence-electron chi connectivity index (χ3n) is 4.03. The van der Waals surface area contributed by atoms with Crippen molar-refractivity contribution in [2.75, 3.05) is 13.6 Å². The van der Waals surface area contributed by atoms with E-state index in [1.165, 1.54) is 44.1 Å². The van der Waals surface area contributed by atoms with Gasteiger partial charge in [-0.05, 0) is 38.9 Å². The summed E-state index contributed by atoms with van der Waals surface area (Å²) in [4.78, 5) is 0. The van der Waals surface area contributed by atoms with Gasteiger partial charge in [-0.15, -0.1) is 0 Å². The summed E-state index contributed by atoms with van der Waals surface area (Å²) in [5.74, 6) is 0. The van der Waals surface area contributed by atoms with Crippen LogP contribution < -0.4 is 10.6 Å². The first-order valence-corrected chi connectivity index (χ1v) is 6.75. The van der Waals surface area contributed by atoms with Crippen molar-refractivity contribution in [1.82, 2.24) is 10.6 Å². The minimum atomic E-state index is 0.391. The van der Waals surface area contributed by atoms with Gasteiger partial charge >= 0.3 is 0 Å². The van der Waals surface area contributed by atoms with Gasteiger partial charge in [0.2, 0.25) is 0 Å². The predicted molar refractivity (Wildman–Crippen MR) is 69.9 cm³/mol. The summed E-state index contributed by atoms with van der Waals surface area (Å²) in [7, 11) is 2.11. The van der Waals surface area contributed by atoms with Crippen molar-refractivity contribution in [2.24, 2.45) is 0 Å². The molecule has 2 rings (SSSR count). The summed E-state index contributed by atoms with van der Waals surface area (Å²) in [5, 5.41) is 7.05. The summed E-state index contributed by atoms with van der Waals surface area (Å²) in [6.07, 6.45) is 11.6. The molecule has 1 aliphatic rings. The fourth-order valence-corrected chi connectivity index (χ4v) is 2.81. The van der Waals surface area contributed by atoms with E-state index in [-0.39, 0.29) is 0 Å². The fraction of sp³-hybridized carbons (Fsp3) is 0.714. The van der Waals surface area contributed by atoms with E-state index in [2.05, 4.69) is 17.7 Å². The third kappa shape index (κ3) is 3.58. The van der Waals surface area contributed by atoms with E-state index in [0.717, 1.165) is 13.1 Å². The Morgan fingerprint density at radius 1 is 1.29 bits per heavy atom. The Morgan fingerprint density at radius 3 is 2.76 bits per heavy atom. The van der Waals surface area contributed by atoms with Crippen molar-refractivity contribution in [3.63, 3.8) is 0 Å². The van der Waals surface area contributed by atoms with Crippen LogP contribution in [0.15, 0.2) is 23.0 Å². The van der Waals surface area contributed by atoms with E-state index in [1.807, 2.05) is 6.07 Å². The van der Waals surface area contributed by atoms with Crippen molar-refractivity contribution >= 4 is 0 Å². The van der Waals surface area contributed by atoms with Crippen LogP contribution in [0, 0.1) is 0 Å². The van der Waals surface area contributed by atoms with Crippen LogP contribution in [0.25, 0.3) is 0 Å². The molecule has 1 heterocycles. The predicted octanol–water partition coefficient (Wildman–Crippen LogP) is 2.68. The molecule has 1 aromatic rings. The minimum Gasteiger partial charge on any atom is -0.472 e. The lowest BCUT2D eigenvalue weighted by Gasteiger charge is -2.37. The number of hydrogen-bond donors (Lipinski definition) is 2. The number of hydrogen-bond acceptors (Lipinski definition) is 3. The molecule has 0 radical (unpaired) electrons. The highest BCUT2D eigenvalue weighted by molar-refractivity contribution is 5.04. The van der Waals surface area contributed by atoms with Gasteiger partial charge in [-0.3, -0.25) is 0 Å². The highest BCUT2D eigenvalue weighted by Crippen LogP contribution is 2.30. The van der Waals surface area contributed by atoms with Crippen LogP contribution in [-0.2, 0) is 6.54 Å². The fourth-order valence-electron chi connectivity index (χ4n) is 2.81. The van der Waals surface area contributed by atoms with Crippen LogP contribution in [0.5, 0.6) is 0 Å². The maximum Gasteiger partial charge on any atom is 0.0947 e. The lowest BCUT2D eigenvalue weighted by molar-refractivity contribution is 0.228. The van der Waals surface area contributed by atoms with Gasteiger partial charge < -0.3 is 15.1 Å². The highest BCUT2D eigenvalue weighted by atomic mass is 16.3. The average molecular weight is 236 g/mol. The van der Waals surface area contributed by atoms with E-state index in [1.54, 1.807) is 12.5 Å².